The second kappa shape index (κ2) is 7.67. The van der Waals surface area contributed by atoms with Crippen molar-refractivity contribution in [3.05, 3.63) is 69.2 Å². The van der Waals surface area contributed by atoms with Crippen LogP contribution in [0.2, 0.25) is 0 Å². The van der Waals surface area contributed by atoms with Crippen molar-refractivity contribution in [2.45, 2.75) is 19.8 Å². The number of hydrogen-bond acceptors (Lipinski definition) is 6. The van der Waals surface area contributed by atoms with Crippen LogP contribution in [0.5, 0.6) is 5.75 Å². The van der Waals surface area contributed by atoms with Gasteiger partial charge in [-0.05, 0) is 30.7 Å². The van der Waals surface area contributed by atoms with Gasteiger partial charge in [-0.3, -0.25) is 9.78 Å². The van der Waals surface area contributed by atoms with Crippen molar-refractivity contribution in [2.75, 3.05) is 6.61 Å². The van der Waals surface area contributed by atoms with Crippen molar-refractivity contribution < 1.29 is 4.74 Å². The first kappa shape index (κ1) is 17.4. The van der Waals surface area contributed by atoms with E-state index in [0.717, 1.165) is 29.7 Å². The predicted octanol–water partition coefficient (Wildman–Crippen LogP) is 2.94. The Bertz CT molecular complexity index is 1170. The molecule has 0 aliphatic rings. The van der Waals surface area contributed by atoms with Crippen LogP contribution in [0.1, 0.15) is 25.3 Å². The van der Waals surface area contributed by atoms with E-state index in [4.69, 9.17) is 4.74 Å². The fourth-order valence-corrected chi connectivity index (χ4v) is 3.55. The van der Waals surface area contributed by atoms with Gasteiger partial charge in [0, 0.05) is 23.5 Å². The van der Waals surface area contributed by atoms with Crippen LogP contribution in [-0.2, 0) is 0 Å². The van der Waals surface area contributed by atoms with E-state index in [2.05, 4.69) is 22.0 Å². The molecule has 0 aliphatic carbocycles. The number of benzene rings is 1. The molecule has 0 radical (unpaired) electrons. The Labute approximate surface area is 159 Å². The highest BCUT2D eigenvalue weighted by Gasteiger charge is 2.12. The van der Waals surface area contributed by atoms with E-state index in [1.54, 1.807) is 12.4 Å². The van der Waals surface area contributed by atoms with E-state index in [1.807, 2.05) is 42.5 Å². The summed E-state index contributed by atoms with van der Waals surface area (Å²) in [5.74, 6) is 1.30. The zero-order valence-electron chi connectivity index (χ0n) is 14.8. The summed E-state index contributed by atoms with van der Waals surface area (Å²) in [5.41, 5.74) is 1.54. The summed E-state index contributed by atoms with van der Waals surface area (Å²) in [6.45, 7) is 2.79. The van der Waals surface area contributed by atoms with Gasteiger partial charge in [0.15, 0.2) is 5.82 Å². The lowest BCUT2D eigenvalue weighted by Crippen LogP contribution is -2.23. The van der Waals surface area contributed by atoms with Crippen LogP contribution < -0.4 is 14.8 Å². The van der Waals surface area contributed by atoms with Crippen molar-refractivity contribution in [3.63, 3.8) is 0 Å². The number of rotatable bonds is 6. The molecule has 6 nitrogen and oxygen atoms in total. The SMILES string of the molecule is CCCCOc1ccccc1C=c1sc2nc(-c3ccncc3)nn2c1=O. The number of nitrogens with zero attached hydrogens (tertiary/aromatic N) is 4. The molecule has 3 heterocycles. The minimum Gasteiger partial charge on any atom is -0.493 e. The number of aromatic nitrogens is 4. The molecule has 0 fully saturated rings. The average molecular weight is 378 g/mol. The summed E-state index contributed by atoms with van der Waals surface area (Å²) in [4.78, 5) is 21.8. The first-order chi connectivity index (χ1) is 13.3. The van der Waals surface area contributed by atoms with E-state index >= 15 is 0 Å². The molecular weight excluding hydrogens is 360 g/mol. The molecule has 0 aliphatic heterocycles. The molecule has 136 valence electrons. The monoisotopic (exact) mass is 378 g/mol. The Morgan fingerprint density at radius 1 is 1.19 bits per heavy atom. The lowest BCUT2D eigenvalue weighted by molar-refractivity contribution is 0.309. The van der Waals surface area contributed by atoms with Gasteiger partial charge in [0.25, 0.3) is 5.56 Å². The highest BCUT2D eigenvalue weighted by atomic mass is 32.1. The third-order valence-electron chi connectivity index (χ3n) is 4.08. The number of fused-ring (bicyclic) bond motifs is 1. The smallest absolute Gasteiger partial charge is 0.291 e. The fraction of sp³-hybridized carbons (Fsp3) is 0.200. The van der Waals surface area contributed by atoms with E-state index in [1.165, 1.54) is 15.9 Å². The van der Waals surface area contributed by atoms with Crippen LogP contribution in [0.25, 0.3) is 22.4 Å². The Balaban J connectivity index is 1.72. The van der Waals surface area contributed by atoms with Crippen LogP contribution in [0.3, 0.4) is 0 Å². The maximum Gasteiger partial charge on any atom is 0.291 e. The largest absolute Gasteiger partial charge is 0.493 e. The summed E-state index contributed by atoms with van der Waals surface area (Å²) in [5, 5.41) is 4.35. The maximum atomic E-state index is 12.7. The predicted molar refractivity (Wildman–Crippen MR) is 106 cm³/mol. The molecule has 0 spiro atoms. The van der Waals surface area contributed by atoms with Gasteiger partial charge in [-0.25, -0.2) is 0 Å². The number of hydrogen-bond donors (Lipinski definition) is 0. The molecule has 0 bridgehead atoms. The lowest BCUT2D eigenvalue weighted by Gasteiger charge is -2.07. The molecule has 0 amide bonds. The normalized spacial score (nSPS) is 12.0. The molecule has 3 aromatic heterocycles. The molecule has 0 unspecified atom stereocenters. The van der Waals surface area contributed by atoms with Gasteiger partial charge in [0.05, 0.1) is 11.1 Å². The summed E-state index contributed by atoms with van der Waals surface area (Å²) in [6, 6.07) is 11.4. The minimum absolute atomic E-state index is 0.175. The highest BCUT2D eigenvalue weighted by Crippen LogP contribution is 2.19. The first-order valence-electron chi connectivity index (χ1n) is 8.80. The van der Waals surface area contributed by atoms with Gasteiger partial charge in [0.2, 0.25) is 4.96 Å². The third kappa shape index (κ3) is 3.59. The molecule has 0 saturated carbocycles. The summed E-state index contributed by atoms with van der Waals surface area (Å²) in [7, 11) is 0. The van der Waals surface area contributed by atoms with Gasteiger partial charge in [0.1, 0.15) is 5.75 Å². The quantitative estimate of drug-likeness (QED) is 0.483. The van der Waals surface area contributed by atoms with Gasteiger partial charge in [-0.15, -0.1) is 5.10 Å². The van der Waals surface area contributed by atoms with Crippen molar-refractivity contribution in [3.8, 4) is 17.1 Å². The topological polar surface area (TPSA) is 69.4 Å². The molecule has 0 saturated heterocycles. The van der Waals surface area contributed by atoms with Crippen molar-refractivity contribution >= 4 is 22.4 Å². The van der Waals surface area contributed by atoms with Crippen molar-refractivity contribution in [1.29, 1.82) is 0 Å². The Morgan fingerprint density at radius 2 is 2.00 bits per heavy atom. The van der Waals surface area contributed by atoms with Crippen LogP contribution in [-0.4, -0.2) is 26.2 Å². The molecule has 1 aromatic carbocycles. The number of para-hydroxylation sites is 1. The highest BCUT2D eigenvalue weighted by molar-refractivity contribution is 7.15. The van der Waals surface area contributed by atoms with E-state index in [0.29, 0.717) is 21.9 Å². The zero-order chi connectivity index (χ0) is 18.6. The van der Waals surface area contributed by atoms with E-state index in [-0.39, 0.29) is 5.56 Å². The second-order valence-corrected chi connectivity index (χ2v) is 7.03. The van der Waals surface area contributed by atoms with E-state index in [9.17, 15) is 4.79 Å². The molecule has 4 aromatic rings. The van der Waals surface area contributed by atoms with Crippen molar-refractivity contribution in [2.24, 2.45) is 0 Å². The Kier molecular flexibility index (Phi) is 4.93. The minimum atomic E-state index is -0.175. The zero-order valence-corrected chi connectivity index (χ0v) is 15.6. The molecule has 0 N–H and O–H groups in total. The molecule has 4 rings (SSSR count). The van der Waals surface area contributed by atoms with E-state index < -0.39 is 0 Å². The number of pyridine rings is 1. The van der Waals surface area contributed by atoms with Crippen LogP contribution in [0.15, 0.2) is 53.6 Å². The average Bonchev–Trinajstić information content (AvgIpc) is 3.24. The van der Waals surface area contributed by atoms with Crippen molar-refractivity contribution in [1.82, 2.24) is 19.6 Å². The standard InChI is InChI=1S/C20H18N4O2S/c1-2-3-12-26-16-7-5-4-6-15(16)13-17-19(25)24-20(27-17)22-18(23-24)14-8-10-21-11-9-14/h4-11,13H,2-3,12H2,1H3. The van der Waals surface area contributed by atoms with Gasteiger partial charge >= 0.3 is 0 Å². The van der Waals surface area contributed by atoms with Crippen LogP contribution in [0.4, 0.5) is 0 Å². The summed E-state index contributed by atoms with van der Waals surface area (Å²) < 4.78 is 7.78. The fourth-order valence-electron chi connectivity index (χ4n) is 2.66. The number of ether oxygens (including phenoxy) is 1. The van der Waals surface area contributed by atoms with Gasteiger partial charge in [-0.2, -0.15) is 9.50 Å². The third-order valence-corrected chi connectivity index (χ3v) is 5.04. The number of unbranched alkanes of at least 4 members (excludes halogenated alkanes) is 1. The van der Waals surface area contributed by atoms with Gasteiger partial charge in [-0.1, -0.05) is 42.9 Å². The van der Waals surface area contributed by atoms with Crippen LogP contribution in [0, 0.1) is 0 Å². The number of thiazole rings is 1. The molecule has 7 heteroatoms. The van der Waals surface area contributed by atoms with Gasteiger partial charge < -0.3 is 4.74 Å². The molecular formula is C20H18N4O2S. The molecule has 27 heavy (non-hydrogen) atoms. The lowest BCUT2D eigenvalue weighted by atomic mass is 10.2. The molecule has 0 atom stereocenters. The second-order valence-electron chi connectivity index (χ2n) is 6.02. The Morgan fingerprint density at radius 3 is 2.78 bits per heavy atom. The summed E-state index contributed by atoms with van der Waals surface area (Å²) in [6.07, 6.45) is 7.27. The Hall–Kier alpha value is -3.06. The van der Waals surface area contributed by atoms with Crippen LogP contribution >= 0.6 is 11.3 Å². The first-order valence-corrected chi connectivity index (χ1v) is 9.61. The maximum absolute atomic E-state index is 12.7. The summed E-state index contributed by atoms with van der Waals surface area (Å²) >= 11 is 1.32.